The Balaban J connectivity index is 1.56. The van der Waals surface area contributed by atoms with E-state index in [4.69, 9.17) is 23.2 Å². The van der Waals surface area contributed by atoms with Crippen LogP contribution in [0.3, 0.4) is 0 Å². The van der Waals surface area contributed by atoms with Crippen LogP contribution in [0.25, 0.3) is 6.08 Å². The van der Waals surface area contributed by atoms with Gasteiger partial charge < -0.3 is 10.2 Å². The summed E-state index contributed by atoms with van der Waals surface area (Å²) in [6, 6.07) is 6.87. The number of amides is 1. The molecule has 2 atom stereocenters. The number of hydrogen-bond donors (Lipinski definition) is 1. The van der Waals surface area contributed by atoms with Crippen LogP contribution in [0.2, 0.25) is 10.0 Å². The van der Waals surface area contributed by atoms with Crippen LogP contribution in [0.15, 0.2) is 24.3 Å². The first-order valence-electron chi connectivity index (χ1n) is 7.68. The summed E-state index contributed by atoms with van der Waals surface area (Å²) in [5, 5.41) is 4.14. The molecular weight excluding hydrogens is 319 g/mol. The number of carbonyl (C=O) groups excluding carboxylic acids is 1. The van der Waals surface area contributed by atoms with Gasteiger partial charge in [0.05, 0.1) is 10.0 Å². The maximum absolute atomic E-state index is 12.1. The molecule has 0 spiro atoms. The fourth-order valence-electron chi connectivity index (χ4n) is 3.57. The van der Waals surface area contributed by atoms with Crippen molar-refractivity contribution in [3.8, 4) is 0 Å². The van der Waals surface area contributed by atoms with Gasteiger partial charge in [-0.1, -0.05) is 29.3 Å². The van der Waals surface area contributed by atoms with E-state index in [1.165, 1.54) is 12.8 Å². The van der Waals surface area contributed by atoms with Crippen molar-refractivity contribution in [1.82, 2.24) is 10.2 Å². The Labute approximate surface area is 141 Å². The van der Waals surface area contributed by atoms with Gasteiger partial charge in [0.15, 0.2) is 0 Å². The van der Waals surface area contributed by atoms with E-state index in [-0.39, 0.29) is 5.91 Å². The summed E-state index contributed by atoms with van der Waals surface area (Å²) < 4.78 is 0. The standard InChI is InChI=1S/C17H20Cl2N2O/c1-21-13-4-5-14(21)10-12(9-13)20-17(22)7-3-11-2-6-15(18)16(19)8-11/h2-3,6-8,12-14H,4-5,9-10H2,1H3,(H,20,22)/b7-3+. The Bertz CT molecular complexity index is 588. The van der Waals surface area contributed by atoms with Gasteiger partial charge in [-0.15, -0.1) is 0 Å². The third kappa shape index (κ3) is 3.48. The normalized spacial score (nSPS) is 28.2. The summed E-state index contributed by atoms with van der Waals surface area (Å²) in [5.74, 6) is -0.0416. The minimum absolute atomic E-state index is 0.0416. The largest absolute Gasteiger partial charge is 0.350 e. The highest BCUT2D eigenvalue weighted by Gasteiger charge is 2.38. The van der Waals surface area contributed by atoms with Crippen LogP contribution in [0.4, 0.5) is 0 Å². The molecule has 2 aliphatic rings. The van der Waals surface area contributed by atoms with Gasteiger partial charge in [0.25, 0.3) is 0 Å². The molecule has 5 heteroatoms. The second-order valence-corrected chi connectivity index (χ2v) is 7.05. The van der Waals surface area contributed by atoms with Gasteiger partial charge in [-0.05, 0) is 56.5 Å². The number of hydrogen-bond acceptors (Lipinski definition) is 2. The van der Waals surface area contributed by atoms with Gasteiger partial charge in [0.2, 0.25) is 5.91 Å². The van der Waals surface area contributed by atoms with E-state index in [2.05, 4.69) is 17.3 Å². The number of nitrogens with one attached hydrogen (secondary N) is 1. The number of carbonyl (C=O) groups is 1. The number of halogens is 2. The minimum Gasteiger partial charge on any atom is -0.350 e. The lowest BCUT2D eigenvalue weighted by Crippen LogP contribution is -2.48. The number of benzene rings is 1. The summed E-state index contributed by atoms with van der Waals surface area (Å²) in [5.41, 5.74) is 0.869. The second kappa shape index (κ2) is 6.61. The second-order valence-electron chi connectivity index (χ2n) is 6.23. The smallest absolute Gasteiger partial charge is 0.244 e. The zero-order chi connectivity index (χ0) is 15.7. The molecule has 3 rings (SSSR count). The highest BCUT2D eigenvalue weighted by atomic mass is 35.5. The van der Waals surface area contributed by atoms with Crippen LogP contribution in [0, 0.1) is 0 Å². The van der Waals surface area contributed by atoms with Crippen LogP contribution < -0.4 is 5.32 Å². The molecule has 118 valence electrons. The predicted octanol–water partition coefficient (Wildman–Crippen LogP) is 3.75. The Morgan fingerprint density at radius 1 is 1.23 bits per heavy atom. The molecule has 2 aliphatic heterocycles. The van der Waals surface area contributed by atoms with E-state index >= 15 is 0 Å². The van der Waals surface area contributed by atoms with Crippen molar-refractivity contribution >= 4 is 35.2 Å². The average Bonchev–Trinajstić information content (AvgIpc) is 2.71. The lowest BCUT2D eigenvalue weighted by molar-refractivity contribution is -0.117. The van der Waals surface area contributed by atoms with Gasteiger partial charge in [0, 0.05) is 24.2 Å². The highest BCUT2D eigenvalue weighted by Crippen LogP contribution is 2.34. The first-order chi connectivity index (χ1) is 10.5. The van der Waals surface area contributed by atoms with Crippen LogP contribution in [-0.4, -0.2) is 36.0 Å². The minimum atomic E-state index is -0.0416. The molecule has 1 aromatic rings. The van der Waals surface area contributed by atoms with Crippen LogP contribution in [-0.2, 0) is 4.79 Å². The molecule has 0 saturated carbocycles. The molecule has 2 bridgehead atoms. The summed E-state index contributed by atoms with van der Waals surface area (Å²) >= 11 is 11.8. The van der Waals surface area contributed by atoms with Gasteiger partial charge in [-0.25, -0.2) is 0 Å². The van der Waals surface area contributed by atoms with E-state index in [9.17, 15) is 4.79 Å². The van der Waals surface area contributed by atoms with Crippen molar-refractivity contribution in [2.45, 2.75) is 43.8 Å². The Morgan fingerprint density at radius 2 is 1.91 bits per heavy atom. The van der Waals surface area contributed by atoms with E-state index in [1.807, 2.05) is 6.07 Å². The van der Waals surface area contributed by atoms with Crippen LogP contribution >= 0.6 is 23.2 Å². The van der Waals surface area contributed by atoms with Crippen molar-refractivity contribution in [1.29, 1.82) is 0 Å². The Hall–Kier alpha value is -1.03. The summed E-state index contributed by atoms with van der Waals surface area (Å²) in [6.07, 6.45) is 7.96. The number of piperidine rings is 1. The molecule has 2 heterocycles. The maximum atomic E-state index is 12.1. The Kier molecular flexibility index (Phi) is 4.76. The Morgan fingerprint density at radius 3 is 2.55 bits per heavy atom. The predicted molar refractivity (Wildman–Crippen MR) is 91.2 cm³/mol. The quantitative estimate of drug-likeness (QED) is 0.851. The van der Waals surface area contributed by atoms with Crippen molar-refractivity contribution in [2.24, 2.45) is 0 Å². The molecule has 0 aliphatic carbocycles. The van der Waals surface area contributed by atoms with Crippen molar-refractivity contribution < 1.29 is 4.79 Å². The molecule has 2 saturated heterocycles. The highest BCUT2D eigenvalue weighted by molar-refractivity contribution is 6.42. The average molecular weight is 339 g/mol. The molecule has 2 fully saturated rings. The lowest BCUT2D eigenvalue weighted by Gasteiger charge is -2.36. The van der Waals surface area contributed by atoms with Crippen LogP contribution in [0.5, 0.6) is 0 Å². The molecule has 1 aromatic carbocycles. The number of fused-ring (bicyclic) bond motifs is 2. The van der Waals surface area contributed by atoms with Gasteiger partial charge in [0.1, 0.15) is 0 Å². The SMILES string of the molecule is CN1C2CCC1CC(NC(=O)/C=C/c1ccc(Cl)c(Cl)c1)C2. The van der Waals surface area contributed by atoms with E-state index in [0.717, 1.165) is 18.4 Å². The van der Waals surface area contributed by atoms with E-state index < -0.39 is 0 Å². The number of rotatable bonds is 3. The molecular formula is C17H20Cl2N2O. The molecule has 0 radical (unpaired) electrons. The van der Waals surface area contributed by atoms with Crippen molar-refractivity contribution in [3.05, 3.63) is 39.9 Å². The molecule has 1 N–H and O–H groups in total. The molecule has 1 amide bonds. The zero-order valence-electron chi connectivity index (χ0n) is 12.6. The molecule has 0 aromatic heterocycles. The maximum Gasteiger partial charge on any atom is 0.244 e. The van der Waals surface area contributed by atoms with E-state index in [0.29, 0.717) is 28.2 Å². The summed E-state index contributed by atoms with van der Waals surface area (Å²) in [7, 11) is 2.20. The first kappa shape index (κ1) is 15.9. The summed E-state index contributed by atoms with van der Waals surface area (Å²) in [6.45, 7) is 0. The fraction of sp³-hybridized carbons (Fsp3) is 0.471. The van der Waals surface area contributed by atoms with E-state index in [1.54, 1.807) is 24.3 Å². The third-order valence-electron chi connectivity index (χ3n) is 4.82. The molecule has 22 heavy (non-hydrogen) atoms. The van der Waals surface area contributed by atoms with Gasteiger partial charge >= 0.3 is 0 Å². The fourth-order valence-corrected chi connectivity index (χ4v) is 3.87. The summed E-state index contributed by atoms with van der Waals surface area (Å²) in [4.78, 5) is 14.5. The van der Waals surface area contributed by atoms with Crippen molar-refractivity contribution in [3.63, 3.8) is 0 Å². The van der Waals surface area contributed by atoms with Gasteiger partial charge in [-0.3, -0.25) is 4.79 Å². The number of nitrogens with zero attached hydrogens (tertiary/aromatic N) is 1. The van der Waals surface area contributed by atoms with Crippen LogP contribution in [0.1, 0.15) is 31.2 Å². The molecule has 3 nitrogen and oxygen atoms in total. The zero-order valence-corrected chi connectivity index (χ0v) is 14.1. The monoisotopic (exact) mass is 338 g/mol. The molecule has 2 unspecified atom stereocenters. The topological polar surface area (TPSA) is 32.3 Å². The first-order valence-corrected chi connectivity index (χ1v) is 8.44. The van der Waals surface area contributed by atoms with Crippen molar-refractivity contribution in [2.75, 3.05) is 7.05 Å². The van der Waals surface area contributed by atoms with Gasteiger partial charge in [-0.2, -0.15) is 0 Å². The lowest BCUT2D eigenvalue weighted by atomic mass is 9.98. The third-order valence-corrected chi connectivity index (χ3v) is 5.55.